The van der Waals surface area contributed by atoms with Gasteiger partial charge in [0.2, 0.25) is 0 Å². The molecular formula is C23H30ClNO2. The Morgan fingerprint density at radius 3 is 2.44 bits per heavy atom. The predicted molar refractivity (Wildman–Crippen MR) is 114 cm³/mol. The lowest BCUT2D eigenvalue weighted by molar-refractivity contribution is 0.171. The number of anilines is 1. The highest BCUT2D eigenvalue weighted by Gasteiger charge is 2.17. The van der Waals surface area contributed by atoms with Crippen molar-refractivity contribution in [3.63, 3.8) is 0 Å². The Morgan fingerprint density at radius 2 is 1.78 bits per heavy atom. The first-order chi connectivity index (χ1) is 13.2. The summed E-state index contributed by atoms with van der Waals surface area (Å²) < 4.78 is 11.3. The number of halogens is 1. The summed E-state index contributed by atoms with van der Waals surface area (Å²) in [5.74, 6) is 2.23. The monoisotopic (exact) mass is 387 g/mol. The van der Waals surface area contributed by atoms with Gasteiger partial charge in [-0.25, -0.2) is 0 Å². The molecule has 0 saturated carbocycles. The third-order valence-corrected chi connectivity index (χ3v) is 5.60. The molecule has 2 aromatic carbocycles. The molecule has 1 aliphatic rings. The summed E-state index contributed by atoms with van der Waals surface area (Å²) in [4.78, 5) is 0. The highest BCUT2D eigenvalue weighted by Crippen LogP contribution is 2.40. The first kappa shape index (κ1) is 19.9. The maximum atomic E-state index is 6.54. The summed E-state index contributed by atoms with van der Waals surface area (Å²) >= 11 is 6.54. The number of fused-ring (bicyclic) bond motifs is 1. The molecule has 3 nitrogen and oxygen atoms in total. The fourth-order valence-corrected chi connectivity index (χ4v) is 3.89. The van der Waals surface area contributed by atoms with Crippen molar-refractivity contribution in [2.75, 3.05) is 25.1 Å². The van der Waals surface area contributed by atoms with Gasteiger partial charge < -0.3 is 14.8 Å². The molecule has 0 spiro atoms. The second-order valence-corrected chi connectivity index (χ2v) is 7.55. The topological polar surface area (TPSA) is 30.5 Å². The SMILES string of the molecule is CCCC(CC)CNc1ccc(-c2cc3c(cc2Cl)OCCO3)cc1CC. The molecule has 0 radical (unpaired) electrons. The van der Waals surface area contributed by atoms with Gasteiger partial charge in [0.15, 0.2) is 11.5 Å². The summed E-state index contributed by atoms with van der Waals surface area (Å²) in [6.45, 7) is 8.90. The van der Waals surface area contributed by atoms with Gasteiger partial charge in [0.1, 0.15) is 13.2 Å². The standard InChI is InChI=1S/C23H30ClNO2/c1-4-7-16(5-2)15-25-21-9-8-18(12-17(21)6-3)19-13-22-23(14-20(19)24)27-11-10-26-22/h8-9,12-14,16,25H,4-7,10-11,15H2,1-3H3. The second kappa shape index (κ2) is 9.36. The molecular weight excluding hydrogens is 358 g/mol. The second-order valence-electron chi connectivity index (χ2n) is 7.15. The number of benzene rings is 2. The molecule has 1 unspecified atom stereocenters. The lowest BCUT2D eigenvalue weighted by atomic mass is 9.98. The summed E-state index contributed by atoms with van der Waals surface area (Å²) in [6.07, 6.45) is 4.70. The Balaban J connectivity index is 1.84. The summed E-state index contributed by atoms with van der Waals surface area (Å²) in [5, 5.41) is 4.36. The van der Waals surface area contributed by atoms with Crippen LogP contribution in [0.15, 0.2) is 30.3 Å². The summed E-state index contributed by atoms with van der Waals surface area (Å²) in [5.41, 5.74) is 4.63. The highest BCUT2D eigenvalue weighted by molar-refractivity contribution is 6.33. The Kier molecular flexibility index (Phi) is 6.89. The lowest BCUT2D eigenvalue weighted by Crippen LogP contribution is -2.15. The average molecular weight is 388 g/mol. The molecule has 1 heterocycles. The molecule has 0 aliphatic carbocycles. The van der Waals surface area contributed by atoms with Crippen LogP contribution in [0.5, 0.6) is 11.5 Å². The van der Waals surface area contributed by atoms with E-state index in [0.717, 1.165) is 41.5 Å². The van der Waals surface area contributed by atoms with E-state index in [-0.39, 0.29) is 0 Å². The fourth-order valence-electron chi connectivity index (χ4n) is 3.62. The normalized spacial score (nSPS) is 14.1. The van der Waals surface area contributed by atoms with E-state index in [4.69, 9.17) is 21.1 Å². The quantitative estimate of drug-likeness (QED) is 0.555. The zero-order valence-electron chi connectivity index (χ0n) is 16.6. The van der Waals surface area contributed by atoms with Crippen molar-refractivity contribution in [1.82, 2.24) is 0 Å². The maximum Gasteiger partial charge on any atom is 0.162 e. The molecule has 0 amide bonds. The average Bonchev–Trinajstić information content (AvgIpc) is 2.70. The van der Waals surface area contributed by atoms with Crippen molar-refractivity contribution < 1.29 is 9.47 Å². The molecule has 146 valence electrons. The van der Waals surface area contributed by atoms with E-state index in [1.165, 1.54) is 30.5 Å². The van der Waals surface area contributed by atoms with Gasteiger partial charge in [0.25, 0.3) is 0 Å². The third-order valence-electron chi connectivity index (χ3n) is 5.28. The van der Waals surface area contributed by atoms with Crippen LogP contribution in [0.2, 0.25) is 5.02 Å². The van der Waals surface area contributed by atoms with E-state index in [9.17, 15) is 0 Å². The smallest absolute Gasteiger partial charge is 0.162 e. The largest absolute Gasteiger partial charge is 0.486 e. The van der Waals surface area contributed by atoms with Crippen LogP contribution in [0.3, 0.4) is 0 Å². The van der Waals surface area contributed by atoms with Crippen LogP contribution in [-0.4, -0.2) is 19.8 Å². The van der Waals surface area contributed by atoms with E-state index in [2.05, 4.69) is 44.3 Å². The van der Waals surface area contributed by atoms with Crippen LogP contribution >= 0.6 is 11.6 Å². The van der Waals surface area contributed by atoms with Crippen LogP contribution in [0, 0.1) is 5.92 Å². The van der Waals surface area contributed by atoms with Crippen molar-refractivity contribution in [2.45, 2.75) is 46.5 Å². The van der Waals surface area contributed by atoms with Crippen LogP contribution in [-0.2, 0) is 6.42 Å². The maximum absolute atomic E-state index is 6.54. The molecule has 27 heavy (non-hydrogen) atoms. The predicted octanol–water partition coefficient (Wildman–Crippen LogP) is 6.58. The Morgan fingerprint density at radius 1 is 1.04 bits per heavy atom. The molecule has 3 rings (SSSR count). The van der Waals surface area contributed by atoms with Crippen LogP contribution in [0.1, 0.15) is 45.6 Å². The van der Waals surface area contributed by atoms with Gasteiger partial charge in [-0.1, -0.05) is 51.3 Å². The number of ether oxygens (including phenoxy) is 2. The van der Waals surface area contributed by atoms with Crippen LogP contribution < -0.4 is 14.8 Å². The number of aryl methyl sites for hydroxylation is 1. The molecule has 1 N–H and O–H groups in total. The number of hydrogen-bond acceptors (Lipinski definition) is 3. The Bertz CT molecular complexity index is 775. The molecule has 0 aromatic heterocycles. The number of hydrogen-bond donors (Lipinski definition) is 1. The van der Waals surface area contributed by atoms with Gasteiger partial charge in [-0.3, -0.25) is 0 Å². The van der Waals surface area contributed by atoms with Gasteiger partial charge in [0.05, 0.1) is 5.02 Å². The Labute approximate surface area is 168 Å². The van der Waals surface area contributed by atoms with Crippen molar-refractivity contribution in [2.24, 2.45) is 5.92 Å². The van der Waals surface area contributed by atoms with Crippen molar-refractivity contribution in [1.29, 1.82) is 0 Å². The summed E-state index contributed by atoms with van der Waals surface area (Å²) in [7, 11) is 0. The van der Waals surface area contributed by atoms with E-state index in [0.29, 0.717) is 18.2 Å². The van der Waals surface area contributed by atoms with Crippen molar-refractivity contribution >= 4 is 17.3 Å². The Hall–Kier alpha value is -1.87. The van der Waals surface area contributed by atoms with Crippen molar-refractivity contribution in [3.05, 3.63) is 40.9 Å². The van der Waals surface area contributed by atoms with E-state index < -0.39 is 0 Å². The van der Waals surface area contributed by atoms with Gasteiger partial charge >= 0.3 is 0 Å². The van der Waals surface area contributed by atoms with Crippen molar-refractivity contribution in [3.8, 4) is 22.6 Å². The van der Waals surface area contributed by atoms with E-state index >= 15 is 0 Å². The van der Waals surface area contributed by atoms with Gasteiger partial charge in [-0.2, -0.15) is 0 Å². The molecule has 0 bridgehead atoms. The van der Waals surface area contributed by atoms with E-state index in [1.807, 2.05) is 12.1 Å². The fraction of sp³-hybridized carbons (Fsp3) is 0.478. The lowest BCUT2D eigenvalue weighted by Gasteiger charge is -2.21. The number of rotatable bonds is 8. The molecule has 4 heteroatoms. The molecule has 0 fully saturated rings. The zero-order chi connectivity index (χ0) is 19.2. The minimum Gasteiger partial charge on any atom is -0.486 e. The van der Waals surface area contributed by atoms with Gasteiger partial charge in [-0.05, 0) is 48.1 Å². The van der Waals surface area contributed by atoms with Crippen LogP contribution in [0.25, 0.3) is 11.1 Å². The molecule has 1 atom stereocenters. The molecule has 0 saturated heterocycles. The molecule has 2 aromatic rings. The van der Waals surface area contributed by atoms with Crippen LogP contribution in [0.4, 0.5) is 5.69 Å². The minimum absolute atomic E-state index is 0.569. The van der Waals surface area contributed by atoms with Gasteiger partial charge in [0, 0.05) is 23.9 Å². The first-order valence-corrected chi connectivity index (χ1v) is 10.5. The highest BCUT2D eigenvalue weighted by atomic mass is 35.5. The van der Waals surface area contributed by atoms with Gasteiger partial charge in [-0.15, -0.1) is 0 Å². The van der Waals surface area contributed by atoms with E-state index in [1.54, 1.807) is 0 Å². The zero-order valence-corrected chi connectivity index (χ0v) is 17.4. The molecule has 1 aliphatic heterocycles. The first-order valence-electron chi connectivity index (χ1n) is 10.1. The summed E-state index contributed by atoms with van der Waals surface area (Å²) in [6, 6.07) is 10.4. The third kappa shape index (κ3) is 4.70. The number of nitrogens with one attached hydrogen (secondary N) is 1. The minimum atomic E-state index is 0.569.